The van der Waals surface area contributed by atoms with Gasteiger partial charge in [-0.05, 0) is 43.3 Å². The smallest absolute Gasteiger partial charge is 0.230 e. The summed E-state index contributed by atoms with van der Waals surface area (Å²) in [4.78, 5) is 19.3. The zero-order chi connectivity index (χ0) is 22.0. The molecular formula is C22H19ClN2O4S2. The van der Waals surface area contributed by atoms with Gasteiger partial charge >= 0.3 is 0 Å². The highest BCUT2D eigenvalue weighted by Crippen LogP contribution is 2.34. The van der Waals surface area contributed by atoms with E-state index in [1.165, 1.54) is 22.5 Å². The van der Waals surface area contributed by atoms with E-state index in [1.807, 2.05) is 19.1 Å². The molecule has 2 aromatic carbocycles. The van der Waals surface area contributed by atoms with Crippen molar-refractivity contribution < 1.29 is 17.6 Å². The third kappa shape index (κ3) is 4.81. The minimum atomic E-state index is -3.59. The lowest BCUT2D eigenvalue weighted by atomic mass is 10.2. The molecule has 0 unspecified atom stereocenters. The molecule has 0 aliphatic carbocycles. The quantitative estimate of drug-likeness (QED) is 0.365. The summed E-state index contributed by atoms with van der Waals surface area (Å²) < 4.78 is 31.6. The van der Waals surface area contributed by atoms with Crippen LogP contribution in [0.2, 0.25) is 5.02 Å². The Morgan fingerprint density at radius 3 is 2.58 bits per heavy atom. The number of anilines is 1. The molecule has 1 amide bonds. The number of carbonyl (C=O) groups excluding carboxylic acids is 1. The van der Waals surface area contributed by atoms with Crippen molar-refractivity contribution in [1.82, 2.24) is 4.98 Å². The predicted octanol–water partition coefficient (Wildman–Crippen LogP) is 5.25. The summed E-state index contributed by atoms with van der Waals surface area (Å²) in [5, 5.41) is 0.935. The van der Waals surface area contributed by atoms with Crippen molar-refractivity contribution in [3.8, 4) is 0 Å². The van der Waals surface area contributed by atoms with Gasteiger partial charge in [0.25, 0.3) is 0 Å². The number of rotatable bonds is 7. The van der Waals surface area contributed by atoms with E-state index in [4.69, 9.17) is 16.0 Å². The van der Waals surface area contributed by atoms with E-state index in [1.54, 1.807) is 42.5 Å². The van der Waals surface area contributed by atoms with Crippen LogP contribution in [0.1, 0.15) is 17.7 Å². The Kier molecular flexibility index (Phi) is 6.13. The van der Waals surface area contributed by atoms with Crippen LogP contribution >= 0.6 is 22.9 Å². The molecule has 0 spiro atoms. The maximum absolute atomic E-state index is 13.1. The Morgan fingerprint density at radius 2 is 1.90 bits per heavy atom. The molecule has 0 saturated heterocycles. The first-order valence-electron chi connectivity index (χ1n) is 9.51. The molecule has 31 heavy (non-hydrogen) atoms. The van der Waals surface area contributed by atoms with Crippen molar-refractivity contribution >= 4 is 54.0 Å². The largest absolute Gasteiger partial charge is 0.467 e. The number of thiazole rings is 1. The summed E-state index contributed by atoms with van der Waals surface area (Å²) in [6.07, 6.45) is 1.34. The maximum atomic E-state index is 13.1. The highest BCUT2D eigenvalue weighted by atomic mass is 35.5. The van der Waals surface area contributed by atoms with Crippen molar-refractivity contribution in [2.24, 2.45) is 0 Å². The van der Waals surface area contributed by atoms with Crippen LogP contribution in [0.5, 0.6) is 0 Å². The minimum absolute atomic E-state index is 0.147. The fourth-order valence-electron chi connectivity index (χ4n) is 3.06. The first-order valence-corrected chi connectivity index (χ1v) is 12.4. The second kappa shape index (κ2) is 8.82. The van der Waals surface area contributed by atoms with E-state index in [0.29, 0.717) is 21.4 Å². The van der Waals surface area contributed by atoms with Gasteiger partial charge in [0.05, 0.1) is 33.2 Å². The van der Waals surface area contributed by atoms with E-state index >= 15 is 0 Å². The standard InChI is InChI=1S/C22H19ClN2O4S2/c1-15-7-9-17(10-8-15)31(27,28)13-11-20(26)25(14-16-4-3-12-29-16)22-24-21-18(23)5-2-6-19(21)30-22/h2-10,12H,11,13-14H2,1H3. The highest BCUT2D eigenvalue weighted by molar-refractivity contribution is 7.91. The first kappa shape index (κ1) is 21.5. The lowest BCUT2D eigenvalue weighted by Crippen LogP contribution is -2.31. The summed E-state index contributed by atoms with van der Waals surface area (Å²) in [6.45, 7) is 2.03. The second-order valence-corrected chi connectivity index (χ2v) is 10.5. The monoisotopic (exact) mass is 474 g/mol. The third-order valence-electron chi connectivity index (χ3n) is 4.75. The number of carbonyl (C=O) groups is 1. The van der Waals surface area contributed by atoms with Crippen molar-refractivity contribution in [3.05, 3.63) is 77.2 Å². The van der Waals surface area contributed by atoms with E-state index in [2.05, 4.69) is 4.98 Å². The number of amides is 1. The molecule has 6 nitrogen and oxygen atoms in total. The van der Waals surface area contributed by atoms with Crippen LogP contribution < -0.4 is 4.90 Å². The van der Waals surface area contributed by atoms with Gasteiger partial charge in [-0.15, -0.1) is 0 Å². The van der Waals surface area contributed by atoms with Gasteiger partial charge < -0.3 is 4.42 Å². The van der Waals surface area contributed by atoms with Gasteiger partial charge in [-0.3, -0.25) is 9.69 Å². The topological polar surface area (TPSA) is 80.5 Å². The molecule has 0 radical (unpaired) electrons. The van der Waals surface area contributed by atoms with Gasteiger partial charge in [0, 0.05) is 6.42 Å². The average molecular weight is 475 g/mol. The Hall–Kier alpha value is -2.68. The van der Waals surface area contributed by atoms with Crippen LogP contribution in [0.3, 0.4) is 0 Å². The molecule has 0 atom stereocenters. The number of hydrogen-bond donors (Lipinski definition) is 0. The highest BCUT2D eigenvalue weighted by Gasteiger charge is 2.24. The zero-order valence-electron chi connectivity index (χ0n) is 16.6. The number of benzene rings is 2. The summed E-state index contributed by atoms with van der Waals surface area (Å²) in [6, 6.07) is 15.5. The van der Waals surface area contributed by atoms with Crippen molar-refractivity contribution in [2.45, 2.75) is 24.8 Å². The van der Waals surface area contributed by atoms with E-state index in [0.717, 1.165) is 10.3 Å². The number of para-hydroxylation sites is 1. The average Bonchev–Trinajstić information content (AvgIpc) is 3.41. The molecule has 160 valence electrons. The van der Waals surface area contributed by atoms with Crippen LogP contribution in [0.4, 0.5) is 5.13 Å². The van der Waals surface area contributed by atoms with Gasteiger partial charge in [0.2, 0.25) is 5.91 Å². The Morgan fingerprint density at radius 1 is 1.13 bits per heavy atom. The molecule has 0 aliphatic rings. The summed E-state index contributed by atoms with van der Waals surface area (Å²) in [7, 11) is -3.59. The third-order valence-corrected chi connectivity index (χ3v) is 7.83. The first-order chi connectivity index (χ1) is 14.8. The molecule has 2 aromatic heterocycles. The van der Waals surface area contributed by atoms with Crippen LogP contribution in [0.25, 0.3) is 10.2 Å². The van der Waals surface area contributed by atoms with Crippen LogP contribution in [0.15, 0.2) is 70.2 Å². The summed E-state index contributed by atoms with van der Waals surface area (Å²) >= 11 is 7.56. The Balaban J connectivity index is 1.59. The van der Waals surface area contributed by atoms with E-state index in [-0.39, 0.29) is 29.5 Å². The Labute approximate surface area is 189 Å². The van der Waals surface area contributed by atoms with Gasteiger partial charge in [-0.25, -0.2) is 13.4 Å². The molecule has 4 rings (SSSR count). The molecule has 9 heteroatoms. The van der Waals surface area contributed by atoms with Gasteiger partial charge in [-0.1, -0.05) is 46.7 Å². The van der Waals surface area contributed by atoms with Gasteiger partial charge in [-0.2, -0.15) is 0 Å². The molecule has 0 aliphatic heterocycles. The number of furan rings is 1. The SMILES string of the molecule is Cc1ccc(S(=O)(=O)CCC(=O)N(Cc2ccco2)c2nc3c(Cl)cccc3s2)cc1. The van der Waals surface area contributed by atoms with Crippen molar-refractivity contribution in [2.75, 3.05) is 10.7 Å². The summed E-state index contributed by atoms with van der Waals surface area (Å²) in [5.41, 5.74) is 1.57. The molecule has 0 saturated carbocycles. The summed E-state index contributed by atoms with van der Waals surface area (Å²) in [5.74, 6) is -0.0859. The van der Waals surface area contributed by atoms with Gasteiger partial charge in [0.1, 0.15) is 11.3 Å². The van der Waals surface area contributed by atoms with E-state index < -0.39 is 9.84 Å². The second-order valence-electron chi connectivity index (χ2n) is 7.02. The normalized spacial score (nSPS) is 11.7. The number of aromatic nitrogens is 1. The lowest BCUT2D eigenvalue weighted by Gasteiger charge is -2.18. The number of hydrogen-bond acceptors (Lipinski definition) is 6. The Bertz CT molecular complexity index is 1310. The van der Waals surface area contributed by atoms with Crippen molar-refractivity contribution in [1.29, 1.82) is 0 Å². The van der Waals surface area contributed by atoms with E-state index in [9.17, 15) is 13.2 Å². The molecule has 2 heterocycles. The molecule has 4 aromatic rings. The maximum Gasteiger partial charge on any atom is 0.230 e. The molecule has 0 fully saturated rings. The van der Waals surface area contributed by atoms with Crippen LogP contribution in [0, 0.1) is 6.92 Å². The number of aryl methyl sites for hydroxylation is 1. The predicted molar refractivity (Wildman–Crippen MR) is 122 cm³/mol. The zero-order valence-corrected chi connectivity index (χ0v) is 19.0. The van der Waals surface area contributed by atoms with Crippen molar-refractivity contribution in [3.63, 3.8) is 0 Å². The number of halogens is 1. The molecular weight excluding hydrogens is 456 g/mol. The minimum Gasteiger partial charge on any atom is -0.467 e. The van der Waals surface area contributed by atoms with Crippen LogP contribution in [-0.2, 0) is 21.2 Å². The fourth-order valence-corrected chi connectivity index (χ4v) is 5.57. The lowest BCUT2D eigenvalue weighted by molar-refractivity contribution is -0.118. The number of nitrogens with zero attached hydrogens (tertiary/aromatic N) is 2. The number of sulfone groups is 1. The molecule has 0 bridgehead atoms. The van der Waals surface area contributed by atoms with Crippen LogP contribution in [-0.4, -0.2) is 25.1 Å². The fraction of sp³-hybridized carbons (Fsp3) is 0.182. The van der Waals surface area contributed by atoms with Gasteiger partial charge in [0.15, 0.2) is 15.0 Å². The molecule has 0 N–H and O–H groups in total. The number of fused-ring (bicyclic) bond motifs is 1.